The number of thioether (sulfide) groups is 1. The van der Waals surface area contributed by atoms with E-state index in [0.29, 0.717) is 22.3 Å². The topological polar surface area (TPSA) is 81.1 Å². The van der Waals surface area contributed by atoms with Crippen LogP contribution in [0.3, 0.4) is 0 Å². The lowest BCUT2D eigenvalue weighted by Gasteiger charge is -2.13. The number of thiocarbonyl (C=S) groups is 1. The molecular weight excluding hydrogens is 322 g/mol. The molecule has 7 nitrogen and oxygen atoms in total. The van der Waals surface area contributed by atoms with Crippen molar-refractivity contribution in [1.29, 1.82) is 0 Å². The second-order valence-corrected chi connectivity index (χ2v) is 5.35. The number of nitrogens with one attached hydrogen (secondary N) is 2. The van der Waals surface area contributed by atoms with Crippen LogP contribution in [0.1, 0.15) is 16.2 Å². The molecule has 2 aromatic rings. The number of rotatable bonds is 4. The zero-order chi connectivity index (χ0) is 16.1. The number of methoxy groups -OCH3 is 1. The Bertz CT molecular complexity index is 701. The van der Waals surface area contributed by atoms with Gasteiger partial charge in [-0.3, -0.25) is 15.5 Å². The Kier molecular flexibility index (Phi) is 5.34. The molecule has 0 atom stereocenters. The van der Waals surface area contributed by atoms with Crippen molar-refractivity contribution < 1.29 is 9.53 Å². The first-order chi connectivity index (χ1) is 10.6. The predicted octanol–water partition coefficient (Wildman–Crippen LogP) is 1.58. The molecule has 0 aliphatic heterocycles. The lowest BCUT2D eigenvalue weighted by atomic mass is 10.2. The van der Waals surface area contributed by atoms with E-state index in [1.54, 1.807) is 35.9 Å². The molecule has 1 heterocycles. The lowest BCUT2D eigenvalue weighted by Crippen LogP contribution is -2.38. The highest BCUT2D eigenvalue weighted by molar-refractivity contribution is 7.98. The van der Waals surface area contributed by atoms with Gasteiger partial charge in [0.15, 0.2) is 5.11 Å². The van der Waals surface area contributed by atoms with Crippen molar-refractivity contribution in [3.05, 3.63) is 35.7 Å². The normalized spacial score (nSPS) is 10.1. The molecule has 0 aliphatic carbocycles. The van der Waals surface area contributed by atoms with E-state index in [9.17, 15) is 4.79 Å². The number of hydrogen-bond acceptors (Lipinski definition) is 6. The Balaban J connectivity index is 2.09. The number of benzene rings is 1. The summed E-state index contributed by atoms with van der Waals surface area (Å²) in [5.74, 6) is 0.762. The molecule has 116 valence electrons. The Hall–Kier alpha value is -2.13. The molecule has 1 aromatic heterocycles. The van der Waals surface area contributed by atoms with Crippen molar-refractivity contribution in [3.63, 3.8) is 0 Å². The molecule has 0 fully saturated rings. The fourth-order valence-electron chi connectivity index (χ4n) is 1.74. The van der Waals surface area contributed by atoms with E-state index in [0.717, 1.165) is 0 Å². The van der Waals surface area contributed by atoms with E-state index >= 15 is 0 Å². The fourth-order valence-corrected chi connectivity index (χ4v) is 2.40. The molecule has 0 radical (unpaired) electrons. The quantitative estimate of drug-likeness (QED) is 0.647. The molecule has 0 saturated heterocycles. The van der Waals surface area contributed by atoms with E-state index in [-0.39, 0.29) is 11.0 Å². The summed E-state index contributed by atoms with van der Waals surface area (Å²) < 4.78 is 6.76. The van der Waals surface area contributed by atoms with Crippen molar-refractivity contribution in [2.75, 3.05) is 18.8 Å². The summed E-state index contributed by atoms with van der Waals surface area (Å²) in [5, 5.41) is 11.3. The maximum atomic E-state index is 12.2. The summed E-state index contributed by atoms with van der Waals surface area (Å²) in [6.07, 6.45) is 1.87. The molecule has 0 aliphatic rings. The van der Waals surface area contributed by atoms with Gasteiger partial charge in [0, 0.05) is 0 Å². The van der Waals surface area contributed by atoms with Crippen LogP contribution in [0.5, 0.6) is 5.75 Å². The molecule has 0 bridgehead atoms. The van der Waals surface area contributed by atoms with E-state index in [1.807, 2.05) is 6.26 Å². The molecule has 1 amide bonds. The third-order valence-electron chi connectivity index (χ3n) is 2.77. The Morgan fingerprint density at radius 3 is 2.77 bits per heavy atom. The average molecular weight is 337 g/mol. The van der Waals surface area contributed by atoms with Gasteiger partial charge in [-0.15, -0.1) is 10.2 Å². The summed E-state index contributed by atoms with van der Waals surface area (Å²) in [6.45, 7) is 1.78. The summed E-state index contributed by atoms with van der Waals surface area (Å²) in [5.41, 5.74) is 3.28. The van der Waals surface area contributed by atoms with Gasteiger partial charge in [-0.2, -0.15) is 0 Å². The third kappa shape index (κ3) is 3.55. The van der Waals surface area contributed by atoms with E-state index in [1.165, 1.54) is 18.9 Å². The summed E-state index contributed by atoms with van der Waals surface area (Å²) in [7, 11) is 1.51. The molecule has 2 rings (SSSR count). The first-order valence-corrected chi connectivity index (χ1v) is 7.91. The average Bonchev–Trinajstić information content (AvgIpc) is 2.87. The van der Waals surface area contributed by atoms with E-state index in [2.05, 4.69) is 20.9 Å². The number of ether oxygens (including phenoxy) is 1. The number of carbonyl (C=O) groups is 1. The van der Waals surface area contributed by atoms with Crippen molar-refractivity contribution in [2.24, 2.45) is 0 Å². The number of aromatic nitrogens is 3. The van der Waals surface area contributed by atoms with E-state index < -0.39 is 0 Å². The maximum absolute atomic E-state index is 12.2. The highest BCUT2D eigenvalue weighted by atomic mass is 32.2. The molecule has 0 saturated carbocycles. The number of amides is 1. The highest BCUT2D eigenvalue weighted by Crippen LogP contribution is 2.17. The number of aryl methyl sites for hydroxylation is 1. The Morgan fingerprint density at radius 2 is 2.09 bits per heavy atom. The van der Waals surface area contributed by atoms with Crippen LogP contribution in [0.15, 0.2) is 29.4 Å². The number of nitrogens with zero attached hydrogens (tertiary/aromatic N) is 3. The van der Waals surface area contributed by atoms with Crippen LogP contribution in [-0.4, -0.2) is 39.3 Å². The van der Waals surface area contributed by atoms with Gasteiger partial charge in [0.1, 0.15) is 11.6 Å². The molecular formula is C13H15N5O2S2. The minimum absolute atomic E-state index is 0.147. The monoisotopic (exact) mass is 337 g/mol. The van der Waals surface area contributed by atoms with Gasteiger partial charge < -0.3 is 4.74 Å². The summed E-state index contributed by atoms with van der Waals surface area (Å²) >= 11 is 6.57. The van der Waals surface area contributed by atoms with Crippen LogP contribution < -0.4 is 15.5 Å². The SMILES string of the molecule is COc1ccccc1C(=O)NC(=S)Nn1c(C)nnc1SC. The summed E-state index contributed by atoms with van der Waals surface area (Å²) in [6, 6.07) is 6.91. The van der Waals surface area contributed by atoms with Crippen molar-refractivity contribution in [2.45, 2.75) is 12.1 Å². The van der Waals surface area contributed by atoms with Gasteiger partial charge in [-0.1, -0.05) is 23.9 Å². The van der Waals surface area contributed by atoms with Gasteiger partial charge in [-0.05, 0) is 37.5 Å². The zero-order valence-electron chi connectivity index (χ0n) is 12.3. The van der Waals surface area contributed by atoms with Crippen LogP contribution in [0.2, 0.25) is 0 Å². The second kappa shape index (κ2) is 7.23. The highest BCUT2D eigenvalue weighted by Gasteiger charge is 2.14. The lowest BCUT2D eigenvalue weighted by molar-refractivity contribution is 0.0974. The minimum Gasteiger partial charge on any atom is -0.496 e. The maximum Gasteiger partial charge on any atom is 0.261 e. The van der Waals surface area contributed by atoms with Crippen molar-refractivity contribution >= 4 is 35.0 Å². The zero-order valence-corrected chi connectivity index (χ0v) is 13.9. The minimum atomic E-state index is -0.355. The standard InChI is InChI=1S/C13H15N5O2S2/c1-8-15-16-13(22-3)18(8)17-12(21)14-11(19)9-6-4-5-7-10(9)20-2/h4-7H,1-3H3,(H2,14,17,19,21). The third-order valence-corrected chi connectivity index (χ3v) is 3.59. The summed E-state index contributed by atoms with van der Waals surface area (Å²) in [4.78, 5) is 12.2. The van der Waals surface area contributed by atoms with Gasteiger partial charge >= 0.3 is 0 Å². The Morgan fingerprint density at radius 1 is 1.36 bits per heavy atom. The predicted molar refractivity (Wildman–Crippen MR) is 89.0 cm³/mol. The fraction of sp³-hybridized carbons (Fsp3) is 0.231. The van der Waals surface area contributed by atoms with Gasteiger partial charge in [0.25, 0.3) is 5.91 Å². The van der Waals surface area contributed by atoms with Crippen LogP contribution in [-0.2, 0) is 0 Å². The molecule has 9 heteroatoms. The van der Waals surface area contributed by atoms with E-state index in [4.69, 9.17) is 17.0 Å². The van der Waals surface area contributed by atoms with Crippen molar-refractivity contribution in [3.8, 4) is 5.75 Å². The molecule has 0 spiro atoms. The number of para-hydroxylation sites is 1. The molecule has 1 aromatic carbocycles. The smallest absolute Gasteiger partial charge is 0.261 e. The Labute approximate surface area is 137 Å². The van der Waals surface area contributed by atoms with Crippen LogP contribution in [0.4, 0.5) is 0 Å². The second-order valence-electron chi connectivity index (χ2n) is 4.16. The van der Waals surface area contributed by atoms with Crippen LogP contribution >= 0.6 is 24.0 Å². The molecule has 0 unspecified atom stereocenters. The van der Waals surface area contributed by atoms with Crippen molar-refractivity contribution in [1.82, 2.24) is 20.2 Å². The van der Waals surface area contributed by atoms with Gasteiger partial charge in [-0.25, -0.2) is 4.68 Å². The number of carbonyl (C=O) groups excluding carboxylic acids is 1. The molecule has 2 N–H and O–H groups in total. The number of hydrogen-bond donors (Lipinski definition) is 2. The van der Waals surface area contributed by atoms with Gasteiger partial charge in [0.2, 0.25) is 5.16 Å². The first-order valence-electron chi connectivity index (χ1n) is 6.28. The van der Waals surface area contributed by atoms with Gasteiger partial charge in [0.05, 0.1) is 12.7 Å². The van der Waals surface area contributed by atoms with Crippen LogP contribution in [0, 0.1) is 6.92 Å². The largest absolute Gasteiger partial charge is 0.496 e. The molecule has 22 heavy (non-hydrogen) atoms. The van der Waals surface area contributed by atoms with Crippen LogP contribution in [0.25, 0.3) is 0 Å². The first kappa shape index (κ1) is 16.2.